The second kappa shape index (κ2) is 11.3. The molecule has 0 unspecified atom stereocenters. The highest BCUT2D eigenvalue weighted by atomic mass is 19.1. The number of nitrogens with two attached hydrogens (primary N) is 1. The molecule has 41 heavy (non-hydrogen) atoms. The van der Waals surface area contributed by atoms with Crippen LogP contribution in [0.1, 0.15) is 15.9 Å². The Bertz CT molecular complexity index is 1690. The Hall–Kier alpha value is -4.96. The zero-order chi connectivity index (χ0) is 28.3. The summed E-state index contributed by atoms with van der Waals surface area (Å²) in [6.45, 7) is 4.19. The average molecular weight is 552 g/mol. The summed E-state index contributed by atoms with van der Waals surface area (Å²) in [6, 6.07) is 20.0. The summed E-state index contributed by atoms with van der Waals surface area (Å²) in [6.07, 6.45) is 3.54. The molecule has 0 aliphatic carbocycles. The standard InChI is InChI=1S/C31H30FN7O2/c1-41-26-11-8-23(32)18-25(26)31(40)36-19-20-2-4-21(5-3-20)27-28-29(33)35-14-17-39(28)30(37-27)22-6-9-24(10-7-22)38-15-12-34-13-16-38/h2-11,14,17-18,34H,12-13,15-16,19H2,1H3,(H2,33,35)(H,36,40). The predicted molar refractivity (Wildman–Crippen MR) is 157 cm³/mol. The van der Waals surface area contributed by atoms with Crippen LogP contribution in [0.5, 0.6) is 5.75 Å². The molecule has 9 nitrogen and oxygen atoms in total. The molecule has 3 heterocycles. The van der Waals surface area contributed by atoms with E-state index in [9.17, 15) is 9.18 Å². The molecular weight excluding hydrogens is 521 g/mol. The van der Waals surface area contributed by atoms with Crippen molar-refractivity contribution in [2.45, 2.75) is 6.54 Å². The molecule has 0 atom stereocenters. The average Bonchev–Trinajstić information content (AvgIpc) is 3.41. The number of ether oxygens (including phenoxy) is 1. The molecule has 1 aliphatic heterocycles. The molecule has 6 rings (SSSR count). The van der Waals surface area contributed by atoms with E-state index in [1.165, 1.54) is 24.9 Å². The van der Waals surface area contributed by atoms with Crippen molar-refractivity contribution in [3.63, 3.8) is 0 Å². The number of nitrogens with zero attached hydrogens (tertiary/aromatic N) is 4. The first kappa shape index (κ1) is 26.3. The Kier molecular flexibility index (Phi) is 7.22. The molecule has 10 heteroatoms. The first-order valence-corrected chi connectivity index (χ1v) is 13.4. The van der Waals surface area contributed by atoms with E-state index in [-0.39, 0.29) is 12.1 Å². The second-order valence-electron chi connectivity index (χ2n) is 9.82. The number of benzene rings is 3. The maximum atomic E-state index is 13.7. The maximum Gasteiger partial charge on any atom is 0.255 e. The Labute approximate surface area is 236 Å². The Balaban J connectivity index is 1.25. The van der Waals surface area contributed by atoms with Crippen LogP contribution in [0.2, 0.25) is 0 Å². The first-order chi connectivity index (χ1) is 20.0. The molecule has 2 aromatic heterocycles. The number of nitrogen functional groups attached to an aromatic ring is 1. The van der Waals surface area contributed by atoms with Gasteiger partial charge in [0.05, 0.1) is 12.7 Å². The zero-order valence-corrected chi connectivity index (χ0v) is 22.6. The third-order valence-electron chi connectivity index (χ3n) is 7.28. The van der Waals surface area contributed by atoms with Crippen LogP contribution < -0.4 is 26.0 Å². The number of aromatic nitrogens is 3. The number of carbonyl (C=O) groups is 1. The van der Waals surface area contributed by atoms with Gasteiger partial charge < -0.3 is 26.0 Å². The van der Waals surface area contributed by atoms with Gasteiger partial charge in [-0.25, -0.2) is 14.4 Å². The van der Waals surface area contributed by atoms with Gasteiger partial charge in [-0.15, -0.1) is 0 Å². The highest BCUT2D eigenvalue weighted by Crippen LogP contribution is 2.33. The molecule has 1 fully saturated rings. The van der Waals surface area contributed by atoms with E-state index in [1.807, 2.05) is 34.9 Å². The SMILES string of the molecule is COc1ccc(F)cc1C(=O)NCc1ccc(-c2nc(-c3ccc(N4CCNCC4)cc3)n3ccnc(N)c23)cc1. The largest absolute Gasteiger partial charge is 0.496 e. The highest BCUT2D eigenvalue weighted by Gasteiger charge is 2.18. The minimum Gasteiger partial charge on any atom is -0.496 e. The van der Waals surface area contributed by atoms with Crippen molar-refractivity contribution in [1.82, 2.24) is 25.0 Å². The number of piperazine rings is 1. The monoisotopic (exact) mass is 551 g/mol. The highest BCUT2D eigenvalue weighted by molar-refractivity contribution is 5.97. The number of methoxy groups -OCH3 is 1. The van der Waals surface area contributed by atoms with Crippen LogP contribution in [0.15, 0.2) is 79.1 Å². The molecule has 1 saturated heterocycles. The number of hydrogen-bond donors (Lipinski definition) is 3. The van der Waals surface area contributed by atoms with E-state index in [0.717, 1.165) is 66.0 Å². The molecule has 1 aliphatic rings. The van der Waals surface area contributed by atoms with Crippen LogP contribution in [0.25, 0.3) is 28.2 Å². The van der Waals surface area contributed by atoms with Crippen LogP contribution in [0.4, 0.5) is 15.9 Å². The maximum absolute atomic E-state index is 13.7. The zero-order valence-electron chi connectivity index (χ0n) is 22.6. The summed E-state index contributed by atoms with van der Waals surface area (Å²) >= 11 is 0. The number of anilines is 2. The van der Waals surface area contributed by atoms with Crippen molar-refractivity contribution in [1.29, 1.82) is 0 Å². The van der Waals surface area contributed by atoms with Crippen LogP contribution in [-0.2, 0) is 6.54 Å². The molecule has 4 N–H and O–H groups in total. The van der Waals surface area contributed by atoms with Gasteiger partial charge in [0.2, 0.25) is 0 Å². The number of halogens is 1. The number of hydrogen-bond acceptors (Lipinski definition) is 7. The Morgan fingerprint density at radius 2 is 1.78 bits per heavy atom. The summed E-state index contributed by atoms with van der Waals surface area (Å²) in [4.78, 5) is 24.4. The lowest BCUT2D eigenvalue weighted by molar-refractivity contribution is 0.0947. The molecule has 3 aromatic carbocycles. The van der Waals surface area contributed by atoms with Gasteiger partial charge in [-0.2, -0.15) is 0 Å². The quantitative estimate of drug-likeness (QED) is 0.279. The van der Waals surface area contributed by atoms with Crippen molar-refractivity contribution in [2.75, 3.05) is 43.9 Å². The van der Waals surface area contributed by atoms with Crippen molar-refractivity contribution < 1.29 is 13.9 Å². The van der Waals surface area contributed by atoms with Crippen molar-refractivity contribution in [3.8, 4) is 28.4 Å². The molecule has 0 bridgehead atoms. The van der Waals surface area contributed by atoms with Crippen molar-refractivity contribution in [2.24, 2.45) is 0 Å². The number of nitrogens with one attached hydrogen (secondary N) is 2. The minimum atomic E-state index is -0.503. The fourth-order valence-corrected chi connectivity index (χ4v) is 5.13. The molecule has 0 saturated carbocycles. The lowest BCUT2D eigenvalue weighted by Crippen LogP contribution is -2.43. The van der Waals surface area contributed by atoms with Gasteiger partial charge in [0.15, 0.2) is 0 Å². The van der Waals surface area contributed by atoms with Crippen molar-refractivity contribution in [3.05, 3.63) is 96.1 Å². The summed E-state index contributed by atoms with van der Waals surface area (Å²) in [5, 5.41) is 6.21. The second-order valence-corrected chi connectivity index (χ2v) is 9.82. The van der Waals surface area contributed by atoms with E-state index in [0.29, 0.717) is 11.6 Å². The number of carbonyl (C=O) groups excluding carboxylic acids is 1. The normalized spacial score (nSPS) is 13.4. The molecule has 208 valence electrons. The lowest BCUT2D eigenvalue weighted by Gasteiger charge is -2.29. The van der Waals surface area contributed by atoms with Gasteiger partial charge >= 0.3 is 0 Å². The van der Waals surface area contributed by atoms with E-state index in [1.54, 1.807) is 6.20 Å². The fraction of sp³-hybridized carbons (Fsp3) is 0.194. The molecular formula is C31H30FN7O2. The molecule has 0 spiro atoms. The minimum absolute atomic E-state index is 0.144. The first-order valence-electron chi connectivity index (χ1n) is 13.4. The van der Waals surface area contributed by atoms with E-state index in [2.05, 4.69) is 44.8 Å². The third kappa shape index (κ3) is 5.29. The smallest absolute Gasteiger partial charge is 0.255 e. The Morgan fingerprint density at radius 3 is 2.51 bits per heavy atom. The third-order valence-corrected chi connectivity index (χ3v) is 7.28. The van der Waals surface area contributed by atoms with Gasteiger partial charge in [-0.05, 0) is 48.0 Å². The summed E-state index contributed by atoms with van der Waals surface area (Å²) in [5.41, 5.74) is 11.8. The number of amides is 1. The Morgan fingerprint density at radius 1 is 1.05 bits per heavy atom. The van der Waals surface area contributed by atoms with Crippen LogP contribution in [0.3, 0.4) is 0 Å². The van der Waals surface area contributed by atoms with E-state index in [4.69, 9.17) is 15.5 Å². The number of fused-ring (bicyclic) bond motifs is 1. The van der Waals surface area contributed by atoms with Gasteiger partial charge in [-0.1, -0.05) is 24.3 Å². The van der Waals surface area contributed by atoms with Gasteiger partial charge in [-0.3, -0.25) is 9.20 Å². The van der Waals surface area contributed by atoms with Gasteiger partial charge in [0, 0.05) is 61.9 Å². The molecule has 5 aromatic rings. The summed E-state index contributed by atoms with van der Waals surface area (Å²) in [7, 11) is 1.44. The number of rotatable bonds is 7. The van der Waals surface area contributed by atoms with Crippen molar-refractivity contribution >= 4 is 22.9 Å². The summed E-state index contributed by atoms with van der Waals surface area (Å²) < 4.78 is 20.9. The van der Waals surface area contributed by atoms with Crippen LogP contribution in [-0.4, -0.2) is 53.6 Å². The lowest BCUT2D eigenvalue weighted by atomic mass is 10.1. The van der Waals surface area contributed by atoms with Gasteiger partial charge in [0.25, 0.3) is 5.91 Å². The number of imidazole rings is 1. The van der Waals surface area contributed by atoms with E-state index >= 15 is 0 Å². The molecule has 0 radical (unpaired) electrons. The van der Waals surface area contributed by atoms with Gasteiger partial charge in [0.1, 0.15) is 34.4 Å². The van der Waals surface area contributed by atoms with Crippen LogP contribution in [0, 0.1) is 5.82 Å². The molecule has 1 amide bonds. The fourth-order valence-electron chi connectivity index (χ4n) is 5.13. The van der Waals surface area contributed by atoms with E-state index < -0.39 is 11.7 Å². The summed E-state index contributed by atoms with van der Waals surface area (Å²) in [5.74, 6) is 0.551. The predicted octanol–water partition coefficient (Wildman–Crippen LogP) is 4.13. The van der Waals surface area contributed by atoms with Crippen LogP contribution >= 0.6 is 0 Å². The topological polar surface area (TPSA) is 110 Å².